The molecular formula is C13H14O2. The Morgan fingerprint density at radius 3 is 2.67 bits per heavy atom. The molecule has 0 spiro atoms. The van der Waals surface area contributed by atoms with Crippen LogP contribution in [0.15, 0.2) is 42.2 Å². The Morgan fingerprint density at radius 2 is 2.00 bits per heavy atom. The smallest absolute Gasteiger partial charge is 0.126 e. The lowest BCUT2D eigenvalue weighted by atomic mass is 9.82. The van der Waals surface area contributed by atoms with E-state index in [1.807, 2.05) is 30.3 Å². The summed E-state index contributed by atoms with van der Waals surface area (Å²) >= 11 is 0. The van der Waals surface area contributed by atoms with E-state index in [-0.39, 0.29) is 11.8 Å². The zero-order valence-corrected chi connectivity index (χ0v) is 8.47. The van der Waals surface area contributed by atoms with Crippen LogP contribution in [0.2, 0.25) is 0 Å². The summed E-state index contributed by atoms with van der Waals surface area (Å²) < 4.78 is 0. The number of rotatable bonds is 2. The minimum Gasteiger partial charge on any atom is -0.513 e. The summed E-state index contributed by atoms with van der Waals surface area (Å²) in [4.78, 5) is 10.7. The molecule has 0 aliphatic heterocycles. The average molecular weight is 202 g/mol. The van der Waals surface area contributed by atoms with Crippen LogP contribution in [-0.4, -0.2) is 11.4 Å². The normalized spacial score (nSPS) is 25.7. The van der Waals surface area contributed by atoms with Crippen LogP contribution >= 0.6 is 0 Å². The molecule has 0 aromatic heterocycles. The third kappa shape index (κ3) is 2.27. The lowest BCUT2D eigenvalue weighted by Gasteiger charge is -2.23. The summed E-state index contributed by atoms with van der Waals surface area (Å²) in [5.41, 5.74) is 1.20. The van der Waals surface area contributed by atoms with Gasteiger partial charge in [-0.15, -0.1) is 0 Å². The number of hydrogen-bond acceptors (Lipinski definition) is 2. The van der Waals surface area contributed by atoms with Crippen molar-refractivity contribution >= 4 is 6.29 Å². The molecule has 1 aliphatic rings. The Kier molecular flexibility index (Phi) is 2.86. The SMILES string of the molecule is O=CC1C=C(O)CC(c2ccccc2)C1. The van der Waals surface area contributed by atoms with Crippen LogP contribution in [0, 0.1) is 5.92 Å². The Balaban J connectivity index is 2.19. The standard InChI is InChI=1S/C13H14O2/c14-9-10-6-12(8-13(15)7-10)11-4-2-1-3-5-11/h1-5,7,9-10,12,15H,6,8H2. The van der Waals surface area contributed by atoms with Crippen molar-refractivity contribution in [2.24, 2.45) is 5.92 Å². The molecule has 2 nitrogen and oxygen atoms in total. The number of carbonyl (C=O) groups is 1. The fourth-order valence-electron chi connectivity index (χ4n) is 2.12. The lowest BCUT2D eigenvalue weighted by Crippen LogP contribution is -2.14. The predicted octanol–water partition coefficient (Wildman–Crippen LogP) is 2.82. The van der Waals surface area contributed by atoms with Gasteiger partial charge in [-0.05, 0) is 24.0 Å². The van der Waals surface area contributed by atoms with Gasteiger partial charge >= 0.3 is 0 Å². The van der Waals surface area contributed by atoms with E-state index in [4.69, 9.17) is 0 Å². The van der Waals surface area contributed by atoms with Gasteiger partial charge in [-0.2, -0.15) is 0 Å². The van der Waals surface area contributed by atoms with Crippen molar-refractivity contribution in [1.29, 1.82) is 0 Å². The summed E-state index contributed by atoms with van der Waals surface area (Å²) in [6.45, 7) is 0. The molecule has 2 rings (SSSR count). The average Bonchev–Trinajstić information content (AvgIpc) is 2.29. The second-order valence-electron chi connectivity index (χ2n) is 4.01. The monoisotopic (exact) mass is 202 g/mol. The molecule has 15 heavy (non-hydrogen) atoms. The first kappa shape index (κ1) is 9.97. The maximum absolute atomic E-state index is 10.7. The van der Waals surface area contributed by atoms with Crippen molar-refractivity contribution in [3.8, 4) is 0 Å². The highest BCUT2D eigenvalue weighted by atomic mass is 16.3. The topological polar surface area (TPSA) is 37.3 Å². The molecule has 1 N–H and O–H groups in total. The van der Waals surface area contributed by atoms with Gasteiger partial charge in [0.15, 0.2) is 0 Å². The first-order valence-corrected chi connectivity index (χ1v) is 5.19. The minimum absolute atomic E-state index is 0.135. The number of aldehydes is 1. The molecule has 0 bridgehead atoms. The molecule has 78 valence electrons. The molecule has 1 aromatic carbocycles. The van der Waals surface area contributed by atoms with Crippen LogP contribution in [0.5, 0.6) is 0 Å². The second-order valence-corrected chi connectivity index (χ2v) is 4.01. The van der Waals surface area contributed by atoms with Gasteiger partial charge in [0, 0.05) is 12.3 Å². The maximum Gasteiger partial charge on any atom is 0.126 e. The molecule has 0 radical (unpaired) electrons. The van der Waals surface area contributed by atoms with Crippen LogP contribution in [0.25, 0.3) is 0 Å². The van der Waals surface area contributed by atoms with E-state index < -0.39 is 0 Å². The molecule has 0 heterocycles. The van der Waals surface area contributed by atoms with Crippen LogP contribution < -0.4 is 0 Å². The largest absolute Gasteiger partial charge is 0.513 e. The van der Waals surface area contributed by atoms with Gasteiger partial charge in [0.2, 0.25) is 0 Å². The van der Waals surface area contributed by atoms with E-state index >= 15 is 0 Å². The first-order valence-electron chi connectivity index (χ1n) is 5.19. The van der Waals surface area contributed by atoms with Gasteiger partial charge in [0.05, 0.1) is 5.76 Å². The van der Waals surface area contributed by atoms with E-state index in [0.717, 1.165) is 12.7 Å². The molecule has 0 fully saturated rings. The van der Waals surface area contributed by atoms with Crippen LogP contribution in [-0.2, 0) is 4.79 Å². The van der Waals surface area contributed by atoms with Crippen molar-refractivity contribution in [1.82, 2.24) is 0 Å². The van der Waals surface area contributed by atoms with Gasteiger partial charge in [-0.3, -0.25) is 0 Å². The second kappa shape index (κ2) is 4.30. The predicted molar refractivity (Wildman–Crippen MR) is 58.7 cm³/mol. The number of hydrogen-bond donors (Lipinski definition) is 1. The molecular weight excluding hydrogens is 188 g/mol. The molecule has 2 atom stereocenters. The van der Waals surface area contributed by atoms with Crippen LogP contribution in [0.4, 0.5) is 0 Å². The fraction of sp³-hybridized carbons (Fsp3) is 0.308. The summed E-state index contributed by atoms with van der Waals surface area (Å²) in [5.74, 6) is 0.475. The summed E-state index contributed by atoms with van der Waals surface area (Å²) in [6, 6.07) is 10.0. The van der Waals surface area contributed by atoms with Crippen molar-refractivity contribution in [2.75, 3.05) is 0 Å². The van der Waals surface area contributed by atoms with E-state index in [9.17, 15) is 9.90 Å². The van der Waals surface area contributed by atoms with Crippen LogP contribution in [0.3, 0.4) is 0 Å². The number of carbonyl (C=O) groups excluding carboxylic acids is 1. The van der Waals surface area contributed by atoms with E-state index in [2.05, 4.69) is 0 Å². The fourth-order valence-corrected chi connectivity index (χ4v) is 2.12. The third-order valence-electron chi connectivity index (χ3n) is 2.86. The number of allylic oxidation sites excluding steroid dienone is 2. The Hall–Kier alpha value is -1.57. The highest BCUT2D eigenvalue weighted by molar-refractivity contribution is 5.57. The molecule has 1 aromatic rings. The zero-order chi connectivity index (χ0) is 10.7. The summed E-state index contributed by atoms with van der Waals surface area (Å²) in [7, 11) is 0. The number of aliphatic hydroxyl groups is 1. The highest BCUT2D eigenvalue weighted by Gasteiger charge is 2.22. The summed E-state index contributed by atoms with van der Waals surface area (Å²) in [5, 5.41) is 9.54. The Bertz CT molecular complexity index is 367. The number of aliphatic hydroxyl groups excluding tert-OH is 1. The van der Waals surface area contributed by atoms with Crippen LogP contribution in [0.1, 0.15) is 24.3 Å². The van der Waals surface area contributed by atoms with Crippen molar-refractivity contribution in [2.45, 2.75) is 18.8 Å². The van der Waals surface area contributed by atoms with Crippen molar-refractivity contribution in [3.63, 3.8) is 0 Å². The zero-order valence-electron chi connectivity index (χ0n) is 8.47. The maximum atomic E-state index is 10.7. The highest BCUT2D eigenvalue weighted by Crippen LogP contribution is 2.33. The molecule has 0 saturated carbocycles. The van der Waals surface area contributed by atoms with Gasteiger partial charge in [-0.25, -0.2) is 0 Å². The van der Waals surface area contributed by atoms with Crippen molar-refractivity contribution < 1.29 is 9.90 Å². The van der Waals surface area contributed by atoms with Gasteiger partial charge in [-0.1, -0.05) is 30.3 Å². The van der Waals surface area contributed by atoms with E-state index in [1.165, 1.54) is 5.56 Å². The van der Waals surface area contributed by atoms with E-state index in [0.29, 0.717) is 12.2 Å². The van der Waals surface area contributed by atoms with Crippen molar-refractivity contribution in [3.05, 3.63) is 47.7 Å². The van der Waals surface area contributed by atoms with Gasteiger partial charge in [0.25, 0.3) is 0 Å². The molecule has 0 amide bonds. The van der Waals surface area contributed by atoms with Gasteiger partial charge < -0.3 is 9.90 Å². The quantitative estimate of drug-likeness (QED) is 0.749. The molecule has 1 aliphatic carbocycles. The Morgan fingerprint density at radius 1 is 1.27 bits per heavy atom. The third-order valence-corrected chi connectivity index (χ3v) is 2.86. The summed E-state index contributed by atoms with van der Waals surface area (Å²) in [6.07, 6.45) is 4.02. The number of benzene rings is 1. The van der Waals surface area contributed by atoms with E-state index in [1.54, 1.807) is 6.08 Å². The molecule has 2 unspecified atom stereocenters. The molecule has 2 heteroatoms. The van der Waals surface area contributed by atoms with Gasteiger partial charge in [0.1, 0.15) is 6.29 Å². The lowest BCUT2D eigenvalue weighted by molar-refractivity contribution is -0.110. The minimum atomic E-state index is -0.135. The molecule has 0 saturated heterocycles. The first-order chi connectivity index (χ1) is 7.29. The Labute approximate surface area is 89.2 Å².